The molecule has 0 unspecified atom stereocenters. The van der Waals surface area contributed by atoms with Gasteiger partial charge in [0.15, 0.2) is 0 Å². The fraction of sp³-hybridized carbons (Fsp3) is 0.111. The van der Waals surface area contributed by atoms with Gasteiger partial charge < -0.3 is 4.74 Å². The van der Waals surface area contributed by atoms with Crippen LogP contribution in [0.1, 0.15) is 5.56 Å². The Bertz CT molecular complexity index is 1140. The van der Waals surface area contributed by atoms with Crippen molar-refractivity contribution in [1.29, 1.82) is 0 Å². The molecule has 0 amide bonds. The van der Waals surface area contributed by atoms with Crippen LogP contribution >= 0.6 is 11.6 Å². The van der Waals surface area contributed by atoms with Crippen molar-refractivity contribution in [3.8, 4) is 0 Å². The van der Waals surface area contributed by atoms with Crippen molar-refractivity contribution < 1.29 is 22.3 Å². The van der Waals surface area contributed by atoms with Crippen molar-refractivity contribution in [2.75, 3.05) is 11.8 Å². The van der Waals surface area contributed by atoms with Crippen LogP contribution < -0.4 is 4.72 Å². The highest BCUT2D eigenvalue weighted by atomic mass is 35.5. The van der Waals surface area contributed by atoms with E-state index in [2.05, 4.69) is 14.4 Å². The van der Waals surface area contributed by atoms with Crippen molar-refractivity contribution in [1.82, 2.24) is 4.98 Å². The lowest BCUT2D eigenvalue weighted by Gasteiger charge is -2.12. The van der Waals surface area contributed by atoms with Crippen molar-refractivity contribution in [2.45, 2.75) is 11.3 Å². The molecule has 3 aromatic rings. The van der Waals surface area contributed by atoms with E-state index in [1.54, 1.807) is 18.3 Å². The van der Waals surface area contributed by atoms with E-state index in [1.165, 1.54) is 31.4 Å². The normalized spacial score (nSPS) is 11.4. The van der Waals surface area contributed by atoms with Gasteiger partial charge in [-0.15, -0.1) is 0 Å². The number of nitrogens with one attached hydrogen (secondary N) is 1. The van der Waals surface area contributed by atoms with Crippen molar-refractivity contribution in [2.24, 2.45) is 0 Å². The first-order valence-electron chi connectivity index (χ1n) is 7.73. The number of anilines is 1. The van der Waals surface area contributed by atoms with E-state index >= 15 is 0 Å². The summed E-state index contributed by atoms with van der Waals surface area (Å²) < 4.78 is 46.4. The number of hydrogen-bond donors (Lipinski definition) is 1. The molecule has 3 rings (SSSR count). The summed E-state index contributed by atoms with van der Waals surface area (Å²) in [6, 6.07) is 9.67. The van der Waals surface area contributed by atoms with Gasteiger partial charge in [-0.3, -0.25) is 14.5 Å². The predicted octanol–water partition coefficient (Wildman–Crippen LogP) is 3.54. The number of pyridine rings is 1. The lowest BCUT2D eigenvalue weighted by atomic mass is 10.1. The fourth-order valence-electron chi connectivity index (χ4n) is 2.50. The zero-order chi connectivity index (χ0) is 19.6. The van der Waals surface area contributed by atoms with Crippen LogP contribution in [-0.2, 0) is 26.0 Å². The molecule has 0 aliphatic rings. The number of rotatable bonds is 5. The molecule has 0 spiro atoms. The van der Waals surface area contributed by atoms with Gasteiger partial charge in [-0.2, -0.15) is 0 Å². The highest BCUT2D eigenvalue weighted by molar-refractivity contribution is 7.92. The Hall–Kier alpha value is -2.71. The Labute approximate surface area is 160 Å². The van der Waals surface area contributed by atoms with E-state index in [-0.39, 0.29) is 22.6 Å². The Morgan fingerprint density at radius 1 is 1.26 bits per heavy atom. The number of methoxy groups -OCH3 is 1. The minimum absolute atomic E-state index is 0.0435. The van der Waals surface area contributed by atoms with Gasteiger partial charge in [-0.1, -0.05) is 17.7 Å². The predicted molar refractivity (Wildman–Crippen MR) is 99.7 cm³/mol. The molecule has 9 heteroatoms. The number of benzene rings is 2. The molecule has 0 saturated carbocycles. The van der Waals surface area contributed by atoms with E-state index in [9.17, 15) is 17.6 Å². The van der Waals surface area contributed by atoms with Gasteiger partial charge in [0.05, 0.1) is 34.7 Å². The molecular weight excluding hydrogens is 395 g/mol. The summed E-state index contributed by atoms with van der Waals surface area (Å²) in [5, 5.41) is 0.892. The molecule has 0 aliphatic carbocycles. The zero-order valence-corrected chi connectivity index (χ0v) is 15.6. The second-order valence-electron chi connectivity index (χ2n) is 5.61. The van der Waals surface area contributed by atoms with Gasteiger partial charge in [-0.05, 0) is 42.0 Å². The number of nitrogens with zero attached hydrogens (tertiary/aromatic N) is 1. The average Bonchev–Trinajstić information content (AvgIpc) is 2.65. The fourth-order valence-corrected chi connectivity index (χ4v) is 3.80. The largest absolute Gasteiger partial charge is 0.469 e. The summed E-state index contributed by atoms with van der Waals surface area (Å²) in [4.78, 5) is 15.1. The van der Waals surface area contributed by atoms with Gasteiger partial charge in [0, 0.05) is 11.6 Å². The molecule has 0 aliphatic heterocycles. The third-order valence-corrected chi connectivity index (χ3v) is 5.53. The van der Waals surface area contributed by atoms with Crippen LogP contribution in [0.2, 0.25) is 5.02 Å². The van der Waals surface area contributed by atoms with E-state index in [0.717, 1.165) is 6.07 Å². The molecule has 1 aromatic heterocycles. The number of hydrogen-bond acceptors (Lipinski definition) is 5. The zero-order valence-electron chi connectivity index (χ0n) is 14.1. The minimum Gasteiger partial charge on any atom is -0.469 e. The summed E-state index contributed by atoms with van der Waals surface area (Å²) in [7, 11) is -2.88. The second-order valence-corrected chi connectivity index (χ2v) is 7.70. The molecule has 2 aromatic carbocycles. The average molecular weight is 409 g/mol. The maximum Gasteiger partial charge on any atom is 0.310 e. The Morgan fingerprint density at radius 2 is 2.04 bits per heavy atom. The molecule has 1 heterocycles. The van der Waals surface area contributed by atoms with Crippen LogP contribution in [0.5, 0.6) is 0 Å². The lowest BCUT2D eigenvalue weighted by Crippen LogP contribution is -2.14. The number of halogens is 2. The van der Waals surface area contributed by atoms with E-state index < -0.39 is 21.8 Å². The number of ether oxygens (including phenoxy) is 1. The molecule has 1 N–H and O–H groups in total. The second kappa shape index (κ2) is 7.50. The Kier molecular flexibility index (Phi) is 5.29. The monoisotopic (exact) mass is 408 g/mol. The number of esters is 1. The number of aromatic nitrogens is 1. The molecule has 0 bridgehead atoms. The molecular formula is C18H14ClFN2O4S. The van der Waals surface area contributed by atoms with Crippen molar-refractivity contribution >= 4 is 44.2 Å². The first-order chi connectivity index (χ1) is 12.8. The number of fused-ring (bicyclic) bond motifs is 1. The number of carbonyl (C=O) groups excluding carboxylic acids is 1. The molecule has 140 valence electrons. The van der Waals surface area contributed by atoms with E-state index in [0.29, 0.717) is 15.9 Å². The van der Waals surface area contributed by atoms with Gasteiger partial charge >= 0.3 is 5.97 Å². The number of sulfonamides is 1. The molecule has 27 heavy (non-hydrogen) atoms. The van der Waals surface area contributed by atoms with Crippen LogP contribution in [0.15, 0.2) is 53.6 Å². The molecule has 0 radical (unpaired) electrons. The lowest BCUT2D eigenvalue weighted by molar-refractivity contribution is -0.139. The highest BCUT2D eigenvalue weighted by Gasteiger charge is 2.19. The highest BCUT2D eigenvalue weighted by Crippen LogP contribution is 2.29. The topological polar surface area (TPSA) is 85.4 Å². The summed E-state index contributed by atoms with van der Waals surface area (Å²) in [6.45, 7) is 0. The van der Waals surface area contributed by atoms with Gasteiger partial charge in [0.25, 0.3) is 10.0 Å². The molecule has 0 fully saturated rings. The Balaban J connectivity index is 1.95. The SMILES string of the molecule is COC(=O)Cc1ccc(S(=O)(=O)Nc2ccc(Cl)c3ncccc23)cc1F. The van der Waals surface area contributed by atoms with Gasteiger partial charge in [0.2, 0.25) is 0 Å². The Morgan fingerprint density at radius 3 is 2.74 bits per heavy atom. The van der Waals surface area contributed by atoms with Crippen LogP contribution in [0.4, 0.5) is 10.1 Å². The van der Waals surface area contributed by atoms with Gasteiger partial charge in [-0.25, -0.2) is 12.8 Å². The number of carbonyl (C=O) groups is 1. The summed E-state index contributed by atoms with van der Waals surface area (Å²) >= 11 is 6.08. The first kappa shape index (κ1) is 19.1. The van der Waals surface area contributed by atoms with Crippen LogP contribution in [0, 0.1) is 5.82 Å². The maximum absolute atomic E-state index is 14.2. The summed E-state index contributed by atoms with van der Waals surface area (Å²) in [5.41, 5.74) is 0.752. The van der Waals surface area contributed by atoms with Crippen LogP contribution in [-0.4, -0.2) is 26.5 Å². The maximum atomic E-state index is 14.2. The molecule has 6 nitrogen and oxygen atoms in total. The van der Waals surface area contributed by atoms with Crippen molar-refractivity contribution in [3.63, 3.8) is 0 Å². The van der Waals surface area contributed by atoms with Crippen molar-refractivity contribution in [3.05, 3.63) is 65.1 Å². The summed E-state index contributed by atoms with van der Waals surface area (Å²) in [6.07, 6.45) is 1.26. The van der Waals surface area contributed by atoms with E-state index in [1.807, 2.05) is 0 Å². The van der Waals surface area contributed by atoms with Crippen LogP contribution in [0.25, 0.3) is 10.9 Å². The van der Waals surface area contributed by atoms with Gasteiger partial charge in [0.1, 0.15) is 5.82 Å². The third kappa shape index (κ3) is 4.01. The third-order valence-electron chi connectivity index (χ3n) is 3.86. The minimum atomic E-state index is -4.07. The molecule has 0 atom stereocenters. The standard InChI is InChI=1S/C18H14ClFN2O4S/c1-26-17(23)9-11-4-5-12(10-15(11)20)27(24,25)22-16-7-6-14(19)18-13(16)3-2-8-21-18/h2-8,10,22H,9H2,1H3. The van der Waals surface area contributed by atoms with E-state index in [4.69, 9.17) is 11.6 Å². The summed E-state index contributed by atoms with van der Waals surface area (Å²) in [5.74, 6) is -1.44. The first-order valence-corrected chi connectivity index (χ1v) is 9.59. The smallest absolute Gasteiger partial charge is 0.310 e. The quantitative estimate of drug-likeness (QED) is 0.652. The molecule has 0 saturated heterocycles. The van der Waals surface area contributed by atoms with Crippen LogP contribution in [0.3, 0.4) is 0 Å².